The Balaban J connectivity index is 2.59. The molecule has 0 atom stereocenters. The van der Waals surface area contributed by atoms with Crippen LogP contribution in [0.4, 0.5) is 0 Å². The molecule has 68 valence electrons. The lowest BCUT2D eigenvalue weighted by molar-refractivity contribution is 0.535. The second-order valence-electron chi connectivity index (χ2n) is 2.80. The number of furan rings is 1. The fourth-order valence-corrected chi connectivity index (χ4v) is 1.29. The third-order valence-corrected chi connectivity index (χ3v) is 2.25. The SMILES string of the molecule is Cc1occc1-c1nc(=S)n(C)[nH]1. The molecule has 0 spiro atoms. The fourth-order valence-electron chi connectivity index (χ4n) is 1.15. The Morgan fingerprint density at radius 3 is 2.85 bits per heavy atom. The van der Waals surface area contributed by atoms with Gasteiger partial charge in [0.25, 0.3) is 0 Å². The minimum Gasteiger partial charge on any atom is -0.469 e. The average Bonchev–Trinajstić information content (AvgIpc) is 2.60. The van der Waals surface area contributed by atoms with Crippen LogP contribution in [0.5, 0.6) is 0 Å². The van der Waals surface area contributed by atoms with E-state index in [2.05, 4.69) is 10.1 Å². The Hall–Kier alpha value is -1.36. The van der Waals surface area contributed by atoms with Crippen LogP contribution in [0.15, 0.2) is 16.7 Å². The molecule has 2 aromatic rings. The number of nitrogens with one attached hydrogen (secondary N) is 1. The Morgan fingerprint density at radius 1 is 1.62 bits per heavy atom. The van der Waals surface area contributed by atoms with E-state index in [4.69, 9.17) is 16.6 Å². The molecule has 2 aromatic heterocycles. The number of aromatic amines is 1. The molecule has 0 aliphatic heterocycles. The molecule has 0 aromatic carbocycles. The lowest BCUT2D eigenvalue weighted by Gasteiger charge is -1.91. The van der Waals surface area contributed by atoms with Gasteiger partial charge in [-0.3, -0.25) is 9.78 Å². The minimum atomic E-state index is 0.538. The van der Waals surface area contributed by atoms with Crippen LogP contribution in [0, 0.1) is 11.7 Å². The van der Waals surface area contributed by atoms with Gasteiger partial charge >= 0.3 is 0 Å². The standard InChI is InChI=1S/C8H9N3OS/c1-5-6(3-4-12-5)7-9-8(13)11(2)10-7/h3-4H,1-2H3,(H,9,10,13). The molecule has 2 rings (SSSR count). The second-order valence-corrected chi connectivity index (χ2v) is 3.17. The van der Waals surface area contributed by atoms with Crippen molar-refractivity contribution in [3.8, 4) is 11.4 Å². The summed E-state index contributed by atoms with van der Waals surface area (Å²) >= 11 is 4.98. The number of aromatic nitrogens is 3. The topological polar surface area (TPSA) is 46.8 Å². The molecule has 0 amide bonds. The molecule has 0 unspecified atom stereocenters. The zero-order valence-corrected chi connectivity index (χ0v) is 8.18. The van der Waals surface area contributed by atoms with Gasteiger partial charge in [0, 0.05) is 7.05 Å². The van der Waals surface area contributed by atoms with E-state index in [1.54, 1.807) is 10.9 Å². The number of H-pyrrole nitrogens is 1. The second kappa shape index (κ2) is 2.85. The zero-order chi connectivity index (χ0) is 9.42. The van der Waals surface area contributed by atoms with Crippen molar-refractivity contribution in [3.63, 3.8) is 0 Å². The van der Waals surface area contributed by atoms with Gasteiger partial charge in [-0.05, 0) is 25.2 Å². The van der Waals surface area contributed by atoms with Crippen molar-refractivity contribution in [2.45, 2.75) is 6.92 Å². The molecule has 4 nitrogen and oxygen atoms in total. The molecular weight excluding hydrogens is 186 g/mol. The highest BCUT2D eigenvalue weighted by molar-refractivity contribution is 7.71. The van der Waals surface area contributed by atoms with Crippen LogP contribution in [0.3, 0.4) is 0 Å². The van der Waals surface area contributed by atoms with Crippen LogP contribution >= 0.6 is 12.2 Å². The van der Waals surface area contributed by atoms with E-state index in [-0.39, 0.29) is 0 Å². The molecular formula is C8H9N3OS. The molecule has 0 aliphatic rings. The van der Waals surface area contributed by atoms with Crippen LogP contribution in [0.25, 0.3) is 11.4 Å². The summed E-state index contributed by atoms with van der Waals surface area (Å²) in [7, 11) is 1.83. The van der Waals surface area contributed by atoms with Gasteiger partial charge in [0.15, 0.2) is 5.82 Å². The van der Waals surface area contributed by atoms with E-state index < -0.39 is 0 Å². The first-order chi connectivity index (χ1) is 6.18. The number of hydrogen-bond acceptors (Lipinski definition) is 3. The Morgan fingerprint density at radius 2 is 2.38 bits per heavy atom. The monoisotopic (exact) mass is 195 g/mol. The van der Waals surface area contributed by atoms with E-state index in [9.17, 15) is 0 Å². The van der Waals surface area contributed by atoms with Crippen LogP contribution in [0.1, 0.15) is 5.76 Å². The summed E-state index contributed by atoms with van der Waals surface area (Å²) < 4.78 is 7.39. The molecule has 0 saturated carbocycles. The highest BCUT2D eigenvalue weighted by Gasteiger charge is 2.07. The van der Waals surface area contributed by atoms with Crippen molar-refractivity contribution in [3.05, 3.63) is 22.9 Å². The van der Waals surface area contributed by atoms with Gasteiger partial charge in [-0.1, -0.05) is 0 Å². The van der Waals surface area contributed by atoms with E-state index in [0.717, 1.165) is 17.1 Å². The lowest BCUT2D eigenvalue weighted by atomic mass is 10.2. The fraction of sp³-hybridized carbons (Fsp3) is 0.250. The molecule has 0 radical (unpaired) electrons. The molecule has 13 heavy (non-hydrogen) atoms. The van der Waals surface area contributed by atoms with Gasteiger partial charge in [-0.15, -0.1) is 0 Å². The molecule has 5 heteroatoms. The average molecular weight is 195 g/mol. The van der Waals surface area contributed by atoms with Crippen LogP contribution in [0.2, 0.25) is 0 Å². The predicted octanol–water partition coefficient (Wildman–Crippen LogP) is 2.05. The largest absolute Gasteiger partial charge is 0.469 e. The maximum absolute atomic E-state index is 5.16. The normalized spacial score (nSPS) is 10.6. The third kappa shape index (κ3) is 1.31. The molecule has 0 bridgehead atoms. The van der Waals surface area contributed by atoms with E-state index in [1.807, 2.05) is 20.0 Å². The first-order valence-corrected chi connectivity index (χ1v) is 4.27. The first-order valence-electron chi connectivity index (χ1n) is 3.86. The molecule has 0 aliphatic carbocycles. The van der Waals surface area contributed by atoms with Gasteiger partial charge < -0.3 is 4.42 Å². The summed E-state index contributed by atoms with van der Waals surface area (Å²) in [6, 6.07) is 1.86. The highest BCUT2D eigenvalue weighted by Crippen LogP contribution is 2.19. The lowest BCUT2D eigenvalue weighted by Crippen LogP contribution is -1.89. The van der Waals surface area contributed by atoms with Crippen molar-refractivity contribution in [1.82, 2.24) is 14.8 Å². The quantitative estimate of drug-likeness (QED) is 0.708. The maximum atomic E-state index is 5.16. The van der Waals surface area contributed by atoms with Gasteiger partial charge in [-0.2, -0.15) is 4.98 Å². The summed E-state index contributed by atoms with van der Waals surface area (Å²) in [5, 5.41) is 3.03. The molecule has 2 heterocycles. The van der Waals surface area contributed by atoms with E-state index >= 15 is 0 Å². The van der Waals surface area contributed by atoms with Gasteiger partial charge in [-0.25, -0.2) is 0 Å². The van der Waals surface area contributed by atoms with Crippen molar-refractivity contribution < 1.29 is 4.42 Å². The number of hydrogen-bond donors (Lipinski definition) is 1. The van der Waals surface area contributed by atoms with Crippen LogP contribution < -0.4 is 0 Å². The van der Waals surface area contributed by atoms with Gasteiger partial charge in [0.1, 0.15) is 5.76 Å². The molecule has 1 N–H and O–H groups in total. The van der Waals surface area contributed by atoms with Crippen molar-refractivity contribution in [2.75, 3.05) is 0 Å². The highest BCUT2D eigenvalue weighted by atomic mass is 32.1. The maximum Gasteiger partial charge on any atom is 0.216 e. The third-order valence-electron chi connectivity index (χ3n) is 1.88. The van der Waals surface area contributed by atoms with Gasteiger partial charge in [0.05, 0.1) is 11.8 Å². The summed E-state index contributed by atoms with van der Waals surface area (Å²) in [4.78, 5) is 4.18. The summed E-state index contributed by atoms with van der Waals surface area (Å²) in [5.41, 5.74) is 0.951. The number of aryl methyl sites for hydroxylation is 2. The van der Waals surface area contributed by atoms with E-state index in [0.29, 0.717) is 4.77 Å². The molecule has 0 saturated heterocycles. The molecule has 0 fully saturated rings. The Kier molecular flexibility index (Phi) is 1.81. The summed E-state index contributed by atoms with van der Waals surface area (Å²) in [6.07, 6.45) is 1.64. The Labute approximate surface area is 80.2 Å². The Bertz CT molecular complexity index is 480. The van der Waals surface area contributed by atoms with Gasteiger partial charge in [0.2, 0.25) is 4.77 Å². The number of rotatable bonds is 1. The predicted molar refractivity (Wildman–Crippen MR) is 50.8 cm³/mol. The van der Waals surface area contributed by atoms with E-state index in [1.165, 1.54) is 0 Å². The number of nitrogens with zero attached hydrogens (tertiary/aromatic N) is 2. The van der Waals surface area contributed by atoms with Crippen molar-refractivity contribution >= 4 is 12.2 Å². The van der Waals surface area contributed by atoms with Crippen LogP contribution in [-0.2, 0) is 7.05 Å². The zero-order valence-electron chi connectivity index (χ0n) is 7.37. The summed E-state index contributed by atoms with van der Waals surface area (Å²) in [5.74, 6) is 1.59. The van der Waals surface area contributed by atoms with Crippen molar-refractivity contribution in [2.24, 2.45) is 7.05 Å². The smallest absolute Gasteiger partial charge is 0.216 e. The summed E-state index contributed by atoms with van der Waals surface area (Å²) in [6.45, 7) is 1.89. The minimum absolute atomic E-state index is 0.538. The first kappa shape index (κ1) is 8.25. The van der Waals surface area contributed by atoms with Crippen LogP contribution in [-0.4, -0.2) is 14.8 Å². The van der Waals surface area contributed by atoms with Crippen molar-refractivity contribution in [1.29, 1.82) is 0 Å².